The van der Waals surface area contributed by atoms with Crippen LogP contribution in [0.3, 0.4) is 0 Å². The van der Waals surface area contributed by atoms with Gasteiger partial charge in [-0.1, -0.05) is 19.3 Å². The molecule has 4 rings (SSSR count). The second-order valence-corrected chi connectivity index (χ2v) is 10.2. The van der Waals surface area contributed by atoms with Crippen molar-refractivity contribution in [1.29, 1.82) is 0 Å². The third kappa shape index (κ3) is 5.48. The first kappa shape index (κ1) is 23.5. The molecule has 0 atom stereocenters. The molecule has 0 bridgehead atoms. The Bertz CT molecular complexity index is 1020. The number of hydrogen-bond acceptors (Lipinski definition) is 6. The molecular weight excluding hydrogens is 442 g/mol. The normalized spacial score (nSPS) is 21.5. The standard InChI is InChI=1S/C23H33N5O4S/c1-14-19-13-20(33-22(19)28(26-14)18-7-5-4-6-8-18)21(30)24-16-9-11-17(12-10-16)25-23(31)27(3)32-15(2)29/h13,16-18H,4-12H2,1-3H3,(H,24,30)(H,25,31)/t16-,17-. The first-order chi connectivity index (χ1) is 15.8. The van der Waals surface area contributed by atoms with Crippen LogP contribution in [-0.2, 0) is 9.63 Å². The molecule has 10 heteroatoms. The summed E-state index contributed by atoms with van der Waals surface area (Å²) >= 11 is 1.54. The van der Waals surface area contributed by atoms with Crippen LogP contribution in [0.4, 0.5) is 4.79 Å². The molecule has 33 heavy (non-hydrogen) atoms. The maximum Gasteiger partial charge on any atom is 0.350 e. The van der Waals surface area contributed by atoms with Crippen LogP contribution in [-0.4, -0.2) is 51.9 Å². The maximum absolute atomic E-state index is 13.0. The number of urea groups is 1. The Balaban J connectivity index is 1.32. The summed E-state index contributed by atoms with van der Waals surface area (Å²) in [6.07, 6.45) is 9.19. The number of carbonyl (C=O) groups excluding carboxylic acids is 3. The van der Waals surface area contributed by atoms with Crippen LogP contribution in [0.2, 0.25) is 0 Å². The van der Waals surface area contributed by atoms with Crippen molar-refractivity contribution in [3.8, 4) is 0 Å². The molecule has 0 spiro atoms. The van der Waals surface area contributed by atoms with Gasteiger partial charge in [-0.15, -0.1) is 11.3 Å². The number of rotatable bonds is 4. The van der Waals surface area contributed by atoms with E-state index in [4.69, 9.17) is 9.94 Å². The van der Waals surface area contributed by atoms with Crippen molar-refractivity contribution in [2.75, 3.05) is 7.05 Å². The number of thiophene rings is 1. The van der Waals surface area contributed by atoms with Gasteiger partial charge < -0.3 is 15.5 Å². The quantitative estimate of drug-likeness (QED) is 0.649. The average molecular weight is 476 g/mol. The van der Waals surface area contributed by atoms with Gasteiger partial charge in [-0.25, -0.2) is 4.79 Å². The van der Waals surface area contributed by atoms with E-state index in [1.807, 2.05) is 13.0 Å². The minimum Gasteiger partial charge on any atom is -0.349 e. The van der Waals surface area contributed by atoms with Gasteiger partial charge in [0.1, 0.15) is 4.83 Å². The zero-order chi connectivity index (χ0) is 23.5. The van der Waals surface area contributed by atoms with E-state index >= 15 is 0 Å². The molecule has 0 radical (unpaired) electrons. The summed E-state index contributed by atoms with van der Waals surface area (Å²) in [6, 6.07) is 2.06. The van der Waals surface area contributed by atoms with Crippen molar-refractivity contribution < 1.29 is 19.2 Å². The molecule has 0 aromatic carbocycles. The number of hydroxylamine groups is 2. The molecule has 2 aliphatic rings. The van der Waals surface area contributed by atoms with Crippen molar-refractivity contribution in [3.05, 3.63) is 16.6 Å². The lowest BCUT2D eigenvalue weighted by molar-refractivity contribution is -0.169. The van der Waals surface area contributed by atoms with Gasteiger partial charge in [0.05, 0.1) is 23.7 Å². The highest BCUT2D eigenvalue weighted by Crippen LogP contribution is 2.35. The second-order valence-electron chi connectivity index (χ2n) is 9.20. The Morgan fingerprint density at radius 3 is 2.33 bits per heavy atom. The Hall–Kier alpha value is -2.62. The predicted octanol–water partition coefficient (Wildman–Crippen LogP) is 4.07. The third-order valence-corrected chi connectivity index (χ3v) is 7.78. The summed E-state index contributed by atoms with van der Waals surface area (Å²) in [6.45, 7) is 3.27. The van der Waals surface area contributed by atoms with Crippen LogP contribution in [0.5, 0.6) is 0 Å². The molecule has 2 N–H and O–H groups in total. The highest BCUT2D eigenvalue weighted by atomic mass is 32.1. The van der Waals surface area contributed by atoms with Gasteiger partial charge in [0.25, 0.3) is 5.91 Å². The number of aryl methyl sites for hydroxylation is 1. The van der Waals surface area contributed by atoms with Gasteiger partial charge in [-0.3, -0.25) is 14.3 Å². The lowest BCUT2D eigenvalue weighted by atomic mass is 9.91. The molecular formula is C23H33N5O4S. The van der Waals surface area contributed by atoms with Crippen LogP contribution in [0, 0.1) is 6.92 Å². The van der Waals surface area contributed by atoms with E-state index in [2.05, 4.69) is 15.3 Å². The molecule has 2 heterocycles. The van der Waals surface area contributed by atoms with Gasteiger partial charge in [0.2, 0.25) is 0 Å². The monoisotopic (exact) mass is 475 g/mol. The summed E-state index contributed by atoms with van der Waals surface area (Å²) in [7, 11) is 1.41. The van der Waals surface area contributed by atoms with E-state index in [0.29, 0.717) is 6.04 Å². The van der Waals surface area contributed by atoms with Gasteiger partial charge in [0, 0.05) is 24.4 Å². The minimum absolute atomic E-state index is 0.00267. The molecule has 0 aliphatic heterocycles. The lowest BCUT2D eigenvalue weighted by Crippen LogP contribution is -2.47. The SMILES string of the molecule is CC(=O)ON(C)C(=O)N[C@H]1CC[C@H](NC(=O)c2cc3c(C)nn(C4CCCCC4)c3s2)CC1. The van der Waals surface area contributed by atoms with E-state index < -0.39 is 12.0 Å². The van der Waals surface area contributed by atoms with Crippen molar-refractivity contribution in [1.82, 2.24) is 25.5 Å². The topological polar surface area (TPSA) is 106 Å². The molecule has 9 nitrogen and oxygen atoms in total. The number of hydrogen-bond donors (Lipinski definition) is 2. The predicted molar refractivity (Wildman–Crippen MR) is 126 cm³/mol. The van der Waals surface area contributed by atoms with E-state index in [-0.39, 0.29) is 18.0 Å². The van der Waals surface area contributed by atoms with Crippen molar-refractivity contribution >= 4 is 39.5 Å². The number of nitrogens with zero attached hydrogens (tertiary/aromatic N) is 3. The van der Waals surface area contributed by atoms with Crippen LogP contribution >= 0.6 is 11.3 Å². The van der Waals surface area contributed by atoms with Gasteiger partial charge >= 0.3 is 12.0 Å². The van der Waals surface area contributed by atoms with E-state index in [1.165, 1.54) is 44.6 Å². The number of fused-ring (bicyclic) bond motifs is 1. The van der Waals surface area contributed by atoms with E-state index in [1.54, 1.807) is 0 Å². The number of carbonyl (C=O) groups is 3. The van der Waals surface area contributed by atoms with E-state index in [0.717, 1.165) is 64.4 Å². The Labute approximate surface area is 197 Å². The van der Waals surface area contributed by atoms with Gasteiger partial charge in [0.15, 0.2) is 0 Å². The molecule has 2 fully saturated rings. The zero-order valence-electron chi connectivity index (χ0n) is 19.6. The first-order valence-corrected chi connectivity index (χ1v) is 12.7. The van der Waals surface area contributed by atoms with Gasteiger partial charge in [-0.2, -0.15) is 10.2 Å². The Morgan fingerprint density at radius 2 is 1.70 bits per heavy atom. The smallest absolute Gasteiger partial charge is 0.349 e. The maximum atomic E-state index is 13.0. The number of nitrogens with one attached hydrogen (secondary N) is 2. The second kappa shape index (κ2) is 10.1. The Morgan fingerprint density at radius 1 is 1.06 bits per heavy atom. The molecule has 2 aliphatic carbocycles. The van der Waals surface area contributed by atoms with Crippen LogP contribution in [0.15, 0.2) is 6.07 Å². The van der Waals surface area contributed by atoms with Crippen LogP contribution in [0.25, 0.3) is 10.2 Å². The molecule has 0 unspecified atom stereocenters. The zero-order valence-corrected chi connectivity index (χ0v) is 20.4. The molecule has 2 aromatic rings. The highest BCUT2D eigenvalue weighted by Gasteiger charge is 2.27. The Kier molecular flexibility index (Phi) is 7.21. The summed E-state index contributed by atoms with van der Waals surface area (Å²) < 4.78 is 2.16. The van der Waals surface area contributed by atoms with Crippen molar-refractivity contribution in [2.24, 2.45) is 0 Å². The molecule has 180 valence electrons. The fourth-order valence-corrected chi connectivity index (χ4v) is 6.03. The van der Waals surface area contributed by atoms with Crippen molar-refractivity contribution in [3.63, 3.8) is 0 Å². The van der Waals surface area contributed by atoms with Gasteiger partial charge in [-0.05, 0) is 51.5 Å². The third-order valence-electron chi connectivity index (χ3n) is 6.65. The van der Waals surface area contributed by atoms with Crippen LogP contribution < -0.4 is 10.6 Å². The molecule has 2 aromatic heterocycles. The summed E-state index contributed by atoms with van der Waals surface area (Å²) in [4.78, 5) is 42.6. The van der Waals surface area contributed by atoms with E-state index in [9.17, 15) is 14.4 Å². The average Bonchev–Trinajstić information content (AvgIpc) is 3.36. The summed E-state index contributed by atoms with van der Waals surface area (Å²) in [5, 5.41) is 12.8. The fourth-order valence-electron chi connectivity index (χ4n) is 4.90. The molecule has 2 saturated carbocycles. The summed E-state index contributed by atoms with van der Waals surface area (Å²) in [5.74, 6) is -0.574. The fraction of sp³-hybridized carbons (Fsp3) is 0.652. The summed E-state index contributed by atoms with van der Waals surface area (Å²) in [5.41, 5.74) is 0.987. The van der Waals surface area contributed by atoms with Crippen LogP contribution in [0.1, 0.15) is 86.1 Å². The van der Waals surface area contributed by atoms with Crippen molar-refractivity contribution in [2.45, 2.75) is 89.8 Å². The largest absolute Gasteiger partial charge is 0.350 e. The first-order valence-electron chi connectivity index (χ1n) is 11.8. The lowest BCUT2D eigenvalue weighted by Gasteiger charge is -2.30. The number of aromatic nitrogens is 2. The molecule has 3 amide bonds. The number of amides is 3. The minimum atomic E-state index is -0.540. The highest BCUT2D eigenvalue weighted by molar-refractivity contribution is 7.20. The molecule has 0 saturated heterocycles.